The Hall–Kier alpha value is -2.44. The smallest absolute Gasteiger partial charge is 0.260 e. The van der Waals surface area contributed by atoms with Gasteiger partial charge in [-0.2, -0.15) is 0 Å². The third kappa shape index (κ3) is 3.60. The summed E-state index contributed by atoms with van der Waals surface area (Å²) in [7, 11) is 0. The molecule has 1 aliphatic rings. The molecule has 0 saturated carbocycles. The van der Waals surface area contributed by atoms with Gasteiger partial charge in [0.15, 0.2) is 6.61 Å². The van der Waals surface area contributed by atoms with Crippen LogP contribution in [0.15, 0.2) is 30.6 Å². The van der Waals surface area contributed by atoms with E-state index in [-0.39, 0.29) is 12.5 Å². The fourth-order valence-electron chi connectivity index (χ4n) is 2.53. The van der Waals surface area contributed by atoms with Crippen LogP contribution < -0.4 is 4.74 Å². The van der Waals surface area contributed by atoms with Crippen molar-refractivity contribution in [2.75, 3.05) is 19.7 Å². The predicted octanol–water partition coefficient (Wildman–Crippen LogP) is 1.44. The molecule has 0 bridgehead atoms. The van der Waals surface area contributed by atoms with E-state index in [4.69, 9.17) is 4.74 Å². The number of carbonyl (C=O) groups excluding carboxylic acids is 1. The molecule has 1 amide bonds. The number of hydrogen-bond donors (Lipinski definition) is 0. The Balaban J connectivity index is 1.53. The minimum atomic E-state index is 0.0615. The maximum Gasteiger partial charge on any atom is 0.260 e. The summed E-state index contributed by atoms with van der Waals surface area (Å²) in [5.74, 6) is 0.728. The lowest BCUT2D eigenvalue weighted by atomic mass is 10.2. The SMILES string of the molecule is O=C(COc1ccc(-n2cnnn2)cc1)N1CCCCCC1. The molecule has 1 fully saturated rings. The van der Waals surface area contributed by atoms with Crippen LogP contribution >= 0.6 is 0 Å². The van der Waals surface area contributed by atoms with Gasteiger partial charge in [-0.15, -0.1) is 5.10 Å². The molecule has 7 nitrogen and oxygen atoms in total. The molecule has 116 valence electrons. The second-order valence-electron chi connectivity index (χ2n) is 5.33. The summed E-state index contributed by atoms with van der Waals surface area (Å²) in [6, 6.07) is 7.32. The van der Waals surface area contributed by atoms with E-state index >= 15 is 0 Å². The highest BCUT2D eigenvalue weighted by Crippen LogP contribution is 2.15. The Kier molecular flexibility index (Phi) is 4.62. The molecular weight excluding hydrogens is 282 g/mol. The largest absolute Gasteiger partial charge is 0.484 e. The first-order valence-electron chi connectivity index (χ1n) is 7.57. The molecule has 22 heavy (non-hydrogen) atoms. The summed E-state index contributed by atoms with van der Waals surface area (Å²) >= 11 is 0. The lowest BCUT2D eigenvalue weighted by Crippen LogP contribution is -2.35. The highest BCUT2D eigenvalue weighted by Gasteiger charge is 2.15. The second-order valence-corrected chi connectivity index (χ2v) is 5.33. The van der Waals surface area contributed by atoms with E-state index in [1.807, 2.05) is 29.2 Å². The van der Waals surface area contributed by atoms with E-state index in [9.17, 15) is 4.79 Å². The molecule has 2 heterocycles. The minimum Gasteiger partial charge on any atom is -0.484 e. The molecule has 0 atom stereocenters. The van der Waals surface area contributed by atoms with Crippen molar-refractivity contribution in [1.82, 2.24) is 25.1 Å². The number of likely N-dealkylation sites (tertiary alicyclic amines) is 1. The van der Waals surface area contributed by atoms with Crippen LogP contribution in [0, 0.1) is 0 Å². The first kappa shape index (κ1) is 14.5. The van der Waals surface area contributed by atoms with Crippen molar-refractivity contribution in [3.8, 4) is 11.4 Å². The average Bonchev–Trinajstić information content (AvgIpc) is 2.95. The zero-order chi connectivity index (χ0) is 15.2. The van der Waals surface area contributed by atoms with E-state index in [0.717, 1.165) is 31.6 Å². The van der Waals surface area contributed by atoms with Crippen LogP contribution in [0.2, 0.25) is 0 Å². The van der Waals surface area contributed by atoms with Crippen LogP contribution in [-0.2, 0) is 4.79 Å². The molecule has 0 N–H and O–H groups in total. The summed E-state index contributed by atoms with van der Waals surface area (Å²) < 4.78 is 7.14. The van der Waals surface area contributed by atoms with Crippen LogP contribution in [0.4, 0.5) is 0 Å². The van der Waals surface area contributed by atoms with E-state index in [1.165, 1.54) is 19.2 Å². The van der Waals surface area contributed by atoms with Crippen molar-refractivity contribution in [2.45, 2.75) is 25.7 Å². The zero-order valence-electron chi connectivity index (χ0n) is 12.4. The molecule has 1 aromatic carbocycles. The number of nitrogens with zero attached hydrogens (tertiary/aromatic N) is 5. The number of benzene rings is 1. The van der Waals surface area contributed by atoms with Gasteiger partial charge in [-0.25, -0.2) is 4.68 Å². The van der Waals surface area contributed by atoms with Crippen molar-refractivity contribution < 1.29 is 9.53 Å². The number of carbonyl (C=O) groups is 1. The molecule has 0 unspecified atom stereocenters. The number of tetrazole rings is 1. The maximum absolute atomic E-state index is 12.1. The lowest BCUT2D eigenvalue weighted by Gasteiger charge is -2.20. The Morgan fingerprint density at radius 3 is 2.45 bits per heavy atom. The molecule has 1 saturated heterocycles. The molecule has 1 aromatic heterocycles. The third-order valence-corrected chi connectivity index (χ3v) is 3.77. The van der Waals surface area contributed by atoms with E-state index in [1.54, 1.807) is 4.68 Å². The number of amides is 1. The van der Waals surface area contributed by atoms with Crippen molar-refractivity contribution in [3.63, 3.8) is 0 Å². The molecule has 2 aromatic rings. The van der Waals surface area contributed by atoms with Crippen molar-refractivity contribution in [3.05, 3.63) is 30.6 Å². The van der Waals surface area contributed by atoms with Gasteiger partial charge < -0.3 is 9.64 Å². The summed E-state index contributed by atoms with van der Waals surface area (Å²) in [6.07, 6.45) is 6.13. The number of hydrogen-bond acceptors (Lipinski definition) is 5. The van der Waals surface area contributed by atoms with Crippen LogP contribution in [-0.4, -0.2) is 50.7 Å². The van der Waals surface area contributed by atoms with Crippen molar-refractivity contribution >= 4 is 5.91 Å². The highest BCUT2D eigenvalue weighted by atomic mass is 16.5. The molecule has 1 aliphatic heterocycles. The lowest BCUT2D eigenvalue weighted by molar-refractivity contribution is -0.133. The van der Waals surface area contributed by atoms with Crippen LogP contribution in [0.3, 0.4) is 0 Å². The Morgan fingerprint density at radius 1 is 1.09 bits per heavy atom. The van der Waals surface area contributed by atoms with Crippen molar-refractivity contribution in [1.29, 1.82) is 0 Å². The van der Waals surface area contributed by atoms with Gasteiger partial charge in [-0.05, 0) is 47.5 Å². The molecule has 0 spiro atoms. The average molecular weight is 301 g/mol. The van der Waals surface area contributed by atoms with Crippen LogP contribution in [0.5, 0.6) is 5.75 Å². The summed E-state index contributed by atoms with van der Waals surface area (Å²) in [6.45, 7) is 1.78. The van der Waals surface area contributed by atoms with Gasteiger partial charge in [0.2, 0.25) is 0 Å². The molecule has 3 rings (SSSR count). The quantitative estimate of drug-likeness (QED) is 0.854. The van der Waals surface area contributed by atoms with Gasteiger partial charge in [0.05, 0.1) is 5.69 Å². The third-order valence-electron chi connectivity index (χ3n) is 3.77. The Bertz CT molecular complexity index is 589. The maximum atomic E-state index is 12.1. The first-order chi connectivity index (χ1) is 10.8. The van der Waals surface area contributed by atoms with Crippen LogP contribution in [0.25, 0.3) is 5.69 Å². The van der Waals surface area contributed by atoms with E-state index in [2.05, 4.69) is 15.5 Å². The molecule has 0 radical (unpaired) electrons. The second kappa shape index (κ2) is 7.02. The normalized spacial score (nSPS) is 15.4. The van der Waals surface area contributed by atoms with Gasteiger partial charge in [-0.3, -0.25) is 4.79 Å². The van der Waals surface area contributed by atoms with Crippen LogP contribution in [0.1, 0.15) is 25.7 Å². The summed E-state index contributed by atoms with van der Waals surface area (Å²) in [5, 5.41) is 11.0. The topological polar surface area (TPSA) is 73.1 Å². The minimum absolute atomic E-state index is 0.0615. The first-order valence-corrected chi connectivity index (χ1v) is 7.57. The van der Waals surface area contributed by atoms with Gasteiger partial charge in [0.1, 0.15) is 12.1 Å². The van der Waals surface area contributed by atoms with Gasteiger partial charge >= 0.3 is 0 Å². The molecule has 7 heteroatoms. The monoisotopic (exact) mass is 301 g/mol. The predicted molar refractivity (Wildman–Crippen MR) is 79.7 cm³/mol. The number of rotatable bonds is 4. The zero-order valence-corrected chi connectivity index (χ0v) is 12.4. The Labute approximate surface area is 128 Å². The fourth-order valence-corrected chi connectivity index (χ4v) is 2.53. The van der Waals surface area contributed by atoms with Gasteiger partial charge in [0, 0.05) is 13.1 Å². The fraction of sp³-hybridized carbons (Fsp3) is 0.467. The van der Waals surface area contributed by atoms with Gasteiger partial charge in [-0.1, -0.05) is 12.8 Å². The highest BCUT2D eigenvalue weighted by molar-refractivity contribution is 5.77. The molecule has 0 aliphatic carbocycles. The van der Waals surface area contributed by atoms with E-state index < -0.39 is 0 Å². The van der Waals surface area contributed by atoms with Crippen molar-refractivity contribution in [2.24, 2.45) is 0 Å². The number of ether oxygens (including phenoxy) is 1. The van der Waals surface area contributed by atoms with E-state index in [0.29, 0.717) is 5.75 Å². The summed E-state index contributed by atoms with van der Waals surface area (Å²) in [5.41, 5.74) is 0.844. The number of aromatic nitrogens is 4. The Morgan fingerprint density at radius 2 is 1.82 bits per heavy atom. The van der Waals surface area contributed by atoms with Gasteiger partial charge in [0.25, 0.3) is 5.91 Å². The summed E-state index contributed by atoms with van der Waals surface area (Å²) in [4.78, 5) is 14.1. The molecular formula is C15H19N5O2. The standard InChI is InChI=1S/C15H19N5O2/c21-15(19-9-3-1-2-4-10-19)11-22-14-7-5-13(6-8-14)20-12-16-17-18-20/h5-8,12H,1-4,9-11H2.